The van der Waals surface area contributed by atoms with Crippen molar-refractivity contribution in [2.24, 2.45) is 5.92 Å². The highest BCUT2D eigenvalue weighted by molar-refractivity contribution is 6.50. The number of rotatable bonds is 8. The molecule has 2 aromatic rings. The molecule has 2 aromatic carbocycles. The molecule has 1 unspecified atom stereocenters. The summed E-state index contributed by atoms with van der Waals surface area (Å²) < 4.78 is 4.52. The minimum absolute atomic E-state index is 0.0968. The Bertz CT molecular complexity index is 763. The molecule has 2 N–H and O–H groups in total. The third-order valence-corrected chi connectivity index (χ3v) is 5.45. The number of halogens is 2. The number of alkyl halides is 2. The first kappa shape index (κ1) is 18.9. The van der Waals surface area contributed by atoms with E-state index in [0.29, 0.717) is 18.7 Å². The first-order valence-electron chi connectivity index (χ1n) is 8.61. The molecule has 1 amide bonds. The molecule has 0 aliphatic heterocycles. The van der Waals surface area contributed by atoms with Crippen molar-refractivity contribution in [2.75, 3.05) is 25.5 Å². The van der Waals surface area contributed by atoms with Crippen molar-refractivity contribution in [1.82, 2.24) is 5.32 Å². The lowest BCUT2D eigenvalue weighted by Gasteiger charge is -2.12. The Balaban J connectivity index is 1.52. The Labute approximate surface area is 163 Å². The highest BCUT2D eigenvalue weighted by atomic mass is 35.5. The number of para-hydroxylation sites is 1. The number of anilines is 1. The second kappa shape index (κ2) is 8.19. The molecule has 1 atom stereocenters. The van der Waals surface area contributed by atoms with Crippen LogP contribution in [0.25, 0.3) is 0 Å². The average molecular weight is 393 g/mol. The molecule has 3 rings (SSSR count). The van der Waals surface area contributed by atoms with E-state index >= 15 is 0 Å². The zero-order chi connectivity index (χ0) is 18.6. The second-order valence-electron chi connectivity index (χ2n) is 6.44. The van der Waals surface area contributed by atoms with Crippen LogP contribution in [0.5, 0.6) is 5.75 Å². The van der Waals surface area contributed by atoms with Gasteiger partial charge in [-0.15, -0.1) is 23.2 Å². The number of nitrogens with one attached hydrogen (secondary N) is 2. The van der Waals surface area contributed by atoms with E-state index in [4.69, 9.17) is 27.9 Å². The summed E-state index contributed by atoms with van der Waals surface area (Å²) in [6.45, 7) is 1.22. The molecule has 1 aliphatic carbocycles. The van der Waals surface area contributed by atoms with Crippen LogP contribution in [0.2, 0.25) is 0 Å². The van der Waals surface area contributed by atoms with Crippen molar-refractivity contribution in [3.8, 4) is 5.75 Å². The summed E-state index contributed by atoms with van der Waals surface area (Å²) in [4.78, 5) is 12.5. The molecule has 0 radical (unpaired) electrons. The normalized spacial score (nSPS) is 17.4. The third kappa shape index (κ3) is 4.83. The molecule has 1 fully saturated rings. The number of ether oxygens (including phenoxy) is 1. The summed E-state index contributed by atoms with van der Waals surface area (Å²) in [6, 6.07) is 15.3. The van der Waals surface area contributed by atoms with E-state index < -0.39 is 4.33 Å². The lowest BCUT2D eigenvalue weighted by atomic mass is 10.1. The maximum absolute atomic E-state index is 12.5. The number of carbonyl (C=O) groups is 1. The Morgan fingerprint density at radius 1 is 1.19 bits per heavy atom. The van der Waals surface area contributed by atoms with Crippen LogP contribution < -0.4 is 15.4 Å². The molecule has 1 aliphatic rings. The van der Waals surface area contributed by atoms with E-state index in [1.807, 2.05) is 48.5 Å². The number of benzene rings is 2. The van der Waals surface area contributed by atoms with E-state index in [1.165, 1.54) is 0 Å². The molecule has 1 saturated carbocycles. The lowest BCUT2D eigenvalue weighted by molar-refractivity contribution is 0.0955. The molecule has 0 aromatic heterocycles. The van der Waals surface area contributed by atoms with Gasteiger partial charge in [0.15, 0.2) is 0 Å². The quantitative estimate of drug-likeness (QED) is 0.659. The van der Waals surface area contributed by atoms with Gasteiger partial charge in [0.2, 0.25) is 0 Å². The zero-order valence-electron chi connectivity index (χ0n) is 14.6. The number of hydrogen-bond donors (Lipinski definition) is 2. The van der Waals surface area contributed by atoms with E-state index in [-0.39, 0.29) is 11.8 Å². The molecule has 0 saturated heterocycles. The van der Waals surface area contributed by atoms with Gasteiger partial charge in [0, 0.05) is 24.7 Å². The summed E-state index contributed by atoms with van der Waals surface area (Å²) in [5, 5.41) is 6.26. The topological polar surface area (TPSA) is 50.4 Å². The summed E-state index contributed by atoms with van der Waals surface area (Å²) >= 11 is 12.1. The fraction of sp³-hybridized carbons (Fsp3) is 0.350. The van der Waals surface area contributed by atoms with Crippen LogP contribution >= 0.6 is 23.2 Å². The Kier molecular flexibility index (Phi) is 5.94. The van der Waals surface area contributed by atoms with Crippen LogP contribution in [-0.2, 0) is 6.42 Å². The molecule has 4 nitrogen and oxygen atoms in total. The van der Waals surface area contributed by atoms with Crippen LogP contribution in [0, 0.1) is 5.92 Å². The predicted octanol–water partition coefficient (Wildman–Crippen LogP) is 4.27. The summed E-state index contributed by atoms with van der Waals surface area (Å²) in [6.07, 6.45) is 1.54. The Hall–Kier alpha value is -1.91. The van der Waals surface area contributed by atoms with Gasteiger partial charge in [-0.2, -0.15) is 0 Å². The van der Waals surface area contributed by atoms with Gasteiger partial charge in [-0.05, 0) is 42.7 Å². The van der Waals surface area contributed by atoms with E-state index in [9.17, 15) is 4.79 Å². The molecular weight excluding hydrogens is 371 g/mol. The standard InChI is InChI=1S/C20H22Cl2N2O2/c1-26-16-8-6-14(7-9-16)10-11-23-19(25)17-4-2-3-5-18(17)24-13-15-12-20(15,21)22/h2-9,15,24H,10-13H2,1H3,(H,23,25). The molecule has 138 valence electrons. The largest absolute Gasteiger partial charge is 0.497 e. The van der Waals surface area contributed by atoms with Gasteiger partial charge < -0.3 is 15.4 Å². The van der Waals surface area contributed by atoms with Crippen molar-refractivity contribution in [3.63, 3.8) is 0 Å². The summed E-state index contributed by atoms with van der Waals surface area (Å²) in [5.41, 5.74) is 2.56. The lowest BCUT2D eigenvalue weighted by Crippen LogP contribution is -2.26. The average Bonchev–Trinajstić information content (AvgIpc) is 3.27. The van der Waals surface area contributed by atoms with Gasteiger partial charge in [0.05, 0.1) is 12.7 Å². The third-order valence-electron chi connectivity index (χ3n) is 4.52. The van der Waals surface area contributed by atoms with Gasteiger partial charge in [0.25, 0.3) is 5.91 Å². The maximum Gasteiger partial charge on any atom is 0.253 e. The SMILES string of the molecule is COc1ccc(CCNC(=O)c2ccccc2NCC2CC2(Cl)Cl)cc1. The van der Waals surface area contributed by atoms with Crippen LogP contribution in [0.15, 0.2) is 48.5 Å². The van der Waals surface area contributed by atoms with Crippen molar-refractivity contribution >= 4 is 34.8 Å². The van der Waals surface area contributed by atoms with E-state index in [2.05, 4.69) is 10.6 Å². The number of hydrogen-bond acceptors (Lipinski definition) is 3. The molecule has 0 bridgehead atoms. The highest BCUT2D eigenvalue weighted by Crippen LogP contribution is 2.52. The Morgan fingerprint density at radius 3 is 2.54 bits per heavy atom. The number of methoxy groups -OCH3 is 1. The second-order valence-corrected chi connectivity index (χ2v) is 7.98. The highest BCUT2D eigenvalue weighted by Gasteiger charge is 2.51. The number of carbonyl (C=O) groups excluding carboxylic acids is 1. The van der Waals surface area contributed by atoms with Crippen molar-refractivity contribution in [2.45, 2.75) is 17.2 Å². The minimum Gasteiger partial charge on any atom is -0.497 e. The van der Waals surface area contributed by atoms with E-state index in [1.54, 1.807) is 7.11 Å². The molecule has 0 heterocycles. The zero-order valence-corrected chi connectivity index (χ0v) is 16.1. The maximum atomic E-state index is 12.5. The fourth-order valence-corrected chi connectivity index (χ4v) is 3.29. The van der Waals surface area contributed by atoms with Gasteiger partial charge in [-0.3, -0.25) is 4.79 Å². The first-order valence-corrected chi connectivity index (χ1v) is 9.37. The fourth-order valence-electron chi connectivity index (χ4n) is 2.77. The van der Waals surface area contributed by atoms with Crippen LogP contribution in [-0.4, -0.2) is 30.4 Å². The summed E-state index contributed by atoms with van der Waals surface area (Å²) in [7, 11) is 1.64. The van der Waals surface area contributed by atoms with Crippen LogP contribution in [0.4, 0.5) is 5.69 Å². The molecule has 6 heteroatoms. The van der Waals surface area contributed by atoms with Gasteiger partial charge in [-0.25, -0.2) is 0 Å². The number of amides is 1. The van der Waals surface area contributed by atoms with Gasteiger partial charge >= 0.3 is 0 Å². The molecule has 26 heavy (non-hydrogen) atoms. The smallest absolute Gasteiger partial charge is 0.253 e. The van der Waals surface area contributed by atoms with Crippen LogP contribution in [0.3, 0.4) is 0 Å². The minimum atomic E-state index is -0.622. The predicted molar refractivity (Wildman–Crippen MR) is 107 cm³/mol. The van der Waals surface area contributed by atoms with Crippen LogP contribution in [0.1, 0.15) is 22.3 Å². The first-order chi connectivity index (χ1) is 12.5. The van der Waals surface area contributed by atoms with Gasteiger partial charge in [-0.1, -0.05) is 24.3 Å². The van der Waals surface area contributed by atoms with E-state index in [0.717, 1.165) is 29.8 Å². The van der Waals surface area contributed by atoms with Gasteiger partial charge in [0.1, 0.15) is 10.1 Å². The Morgan fingerprint density at radius 2 is 1.88 bits per heavy atom. The molecule has 0 spiro atoms. The summed E-state index contributed by atoms with van der Waals surface area (Å²) in [5.74, 6) is 0.948. The monoisotopic (exact) mass is 392 g/mol. The molecular formula is C20H22Cl2N2O2. The van der Waals surface area contributed by atoms with Crippen molar-refractivity contribution in [3.05, 3.63) is 59.7 Å². The van der Waals surface area contributed by atoms with Crippen molar-refractivity contribution in [1.29, 1.82) is 0 Å². The van der Waals surface area contributed by atoms with Crippen molar-refractivity contribution < 1.29 is 9.53 Å².